The second-order valence-corrected chi connectivity index (χ2v) is 5.38. The second kappa shape index (κ2) is 7.01. The van der Waals surface area contributed by atoms with Gasteiger partial charge in [0.2, 0.25) is 0 Å². The van der Waals surface area contributed by atoms with Crippen LogP contribution in [0.25, 0.3) is 0 Å². The van der Waals surface area contributed by atoms with E-state index < -0.39 is 0 Å². The molecule has 0 spiro atoms. The van der Waals surface area contributed by atoms with Crippen LogP contribution < -0.4 is 10.5 Å². The molecule has 0 radical (unpaired) electrons. The molecule has 0 atom stereocenters. The highest BCUT2D eigenvalue weighted by atomic mass is 32.2. The van der Waals surface area contributed by atoms with E-state index in [1.54, 1.807) is 24.9 Å². The minimum Gasteiger partial charge on any atom is -0.497 e. The lowest BCUT2D eigenvalue weighted by molar-refractivity contribution is 0.102. The van der Waals surface area contributed by atoms with Gasteiger partial charge in [-0.2, -0.15) is 0 Å². The predicted molar refractivity (Wildman–Crippen MR) is 84.3 cm³/mol. The molecule has 20 heavy (non-hydrogen) atoms. The summed E-state index contributed by atoms with van der Waals surface area (Å²) in [5, 5.41) is 0. The van der Waals surface area contributed by atoms with Gasteiger partial charge in [0.1, 0.15) is 5.75 Å². The summed E-state index contributed by atoms with van der Waals surface area (Å²) in [5.41, 5.74) is 8.25. The molecule has 104 valence electrons. The van der Waals surface area contributed by atoms with Crippen molar-refractivity contribution < 1.29 is 9.53 Å². The normalized spacial score (nSPS) is 10.2. The molecule has 0 saturated carbocycles. The molecule has 0 heterocycles. The molecule has 0 unspecified atom stereocenters. The van der Waals surface area contributed by atoms with Crippen LogP contribution in [0, 0.1) is 0 Å². The molecule has 2 rings (SSSR count). The number of nitrogen functional groups attached to an aromatic ring is 1. The lowest BCUT2D eigenvalue weighted by Crippen LogP contribution is -2.03. The molecular weight excluding hydrogens is 270 g/mol. The second-order valence-electron chi connectivity index (χ2n) is 4.39. The number of thioether (sulfide) groups is 1. The molecule has 2 aromatic rings. The maximum atomic E-state index is 12.1. The fourth-order valence-electron chi connectivity index (χ4n) is 1.76. The summed E-state index contributed by atoms with van der Waals surface area (Å²) in [6.07, 6.45) is 0. The third-order valence-corrected chi connectivity index (χ3v) is 3.88. The van der Waals surface area contributed by atoms with Crippen LogP contribution in [0.5, 0.6) is 5.75 Å². The van der Waals surface area contributed by atoms with Crippen LogP contribution in [-0.2, 0) is 5.75 Å². The first-order valence-corrected chi connectivity index (χ1v) is 7.44. The molecule has 4 heteroatoms. The maximum Gasteiger partial charge on any atom is 0.172 e. The average molecular weight is 287 g/mol. The first-order valence-electron chi connectivity index (χ1n) is 6.28. The molecule has 0 bridgehead atoms. The fourth-order valence-corrected chi connectivity index (χ4v) is 2.64. The van der Waals surface area contributed by atoms with E-state index in [0.717, 1.165) is 11.4 Å². The molecule has 0 fully saturated rings. The summed E-state index contributed by atoms with van der Waals surface area (Å²) in [4.78, 5) is 12.1. The van der Waals surface area contributed by atoms with Gasteiger partial charge in [-0.25, -0.2) is 0 Å². The minimum absolute atomic E-state index is 0.115. The zero-order chi connectivity index (χ0) is 14.4. The van der Waals surface area contributed by atoms with Gasteiger partial charge in [0.25, 0.3) is 0 Å². The Morgan fingerprint density at radius 1 is 1.20 bits per heavy atom. The van der Waals surface area contributed by atoms with E-state index in [2.05, 4.69) is 0 Å². The van der Waals surface area contributed by atoms with Gasteiger partial charge in [0.15, 0.2) is 5.78 Å². The summed E-state index contributed by atoms with van der Waals surface area (Å²) < 4.78 is 5.12. The van der Waals surface area contributed by atoms with Gasteiger partial charge in [0.05, 0.1) is 12.9 Å². The van der Waals surface area contributed by atoms with Gasteiger partial charge in [-0.3, -0.25) is 4.79 Å². The lowest BCUT2D eigenvalue weighted by Gasteiger charge is -2.04. The van der Waals surface area contributed by atoms with Gasteiger partial charge < -0.3 is 10.5 Å². The van der Waals surface area contributed by atoms with Crippen LogP contribution >= 0.6 is 11.8 Å². The molecular formula is C16H17NO2S. The molecule has 0 aromatic heterocycles. The summed E-state index contributed by atoms with van der Waals surface area (Å²) in [6.45, 7) is 0. The van der Waals surface area contributed by atoms with Crippen LogP contribution in [-0.4, -0.2) is 18.6 Å². The third kappa shape index (κ3) is 4.03. The number of Topliss-reactive ketones (excluding diaryl/α,β-unsaturated/α-hetero) is 1. The molecule has 0 aliphatic heterocycles. The van der Waals surface area contributed by atoms with Crippen LogP contribution in [0.3, 0.4) is 0 Å². The van der Waals surface area contributed by atoms with E-state index >= 15 is 0 Å². The van der Waals surface area contributed by atoms with Gasteiger partial charge in [-0.15, -0.1) is 11.8 Å². The van der Waals surface area contributed by atoms with Crippen molar-refractivity contribution in [2.75, 3.05) is 18.6 Å². The molecule has 0 aliphatic rings. The number of carbonyl (C=O) groups is 1. The SMILES string of the molecule is COc1cccc(C(=O)CSCc2ccc(N)cc2)c1. The average Bonchev–Trinajstić information content (AvgIpc) is 2.49. The Morgan fingerprint density at radius 3 is 2.65 bits per heavy atom. The van der Waals surface area contributed by atoms with Gasteiger partial charge >= 0.3 is 0 Å². The highest BCUT2D eigenvalue weighted by molar-refractivity contribution is 7.99. The molecule has 0 saturated heterocycles. The van der Waals surface area contributed by atoms with E-state index in [1.807, 2.05) is 42.5 Å². The van der Waals surface area contributed by atoms with E-state index in [4.69, 9.17) is 10.5 Å². The number of ether oxygens (including phenoxy) is 1. The first kappa shape index (κ1) is 14.5. The Balaban J connectivity index is 1.87. The van der Waals surface area contributed by atoms with Crippen molar-refractivity contribution in [3.63, 3.8) is 0 Å². The largest absolute Gasteiger partial charge is 0.497 e. The molecule has 0 amide bonds. The number of carbonyl (C=O) groups excluding carboxylic acids is 1. The summed E-state index contributed by atoms with van der Waals surface area (Å²) in [7, 11) is 1.60. The number of rotatable bonds is 6. The fraction of sp³-hybridized carbons (Fsp3) is 0.188. The topological polar surface area (TPSA) is 52.3 Å². The van der Waals surface area contributed by atoms with Crippen molar-refractivity contribution in [2.45, 2.75) is 5.75 Å². The lowest BCUT2D eigenvalue weighted by atomic mass is 10.1. The Bertz CT molecular complexity index is 581. The monoisotopic (exact) mass is 287 g/mol. The summed E-state index contributed by atoms with van der Waals surface area (Å²) in [6, 6.07) is 15.0. The molecule has 2 N–H and O–H groups in total. The maximum absolute atomic E-state index is 12.1. The highest BCUT2D eigenvalue weighted by Crippen LogP contribution is 2.18. The minimum atomic E-state index is 0.115. The number of hydrogen-bond donors (Lipinski definition) is 1. The van der Waals surface area contributed by atoms with Crippen molar-refractivity contribution in [3.8, 4) is 5.75 Å². The quantitative estimate of drug-likeness (QED) is 0.653. The van der Waals surface area contributed by atoms with Gasteiger partial charge in [0, 0.05) is 17.0 Å². The van der Waals surface area contributed by atoms with Crippen LogP contribution in [0.4, 0.5) is 5.69 Å². The Labute approximate surface area is 123 Å². The third-order valence-electron chi connectivity index (χ3n) is 2.87. The molecule has 2 aromatic carbocycles. The number of benzene rings is 2. The van der Waals surface area contributed by atoms with E-state index in [-0.39, 0.29) is 5.78 Å². The predicted octanol–water partition coefficient (Wildman–Crippen LogP) is 3.39. The van der Waals surface area contributed by atoms with Crippen molar-refractivity contribution in [3.05, 3.63) is 59.7 Å². The zero-order valence-corrected chi connectivity index (χ0v) is 12.2. The Kier molecular flexibility index (Phi) is 5.07. The Hall–Kier alpha value is -1.94. The number of ketones is 1. The number of hydrogen-bond acceptors (Lipinski definition) is 4. The van der Waals surface area contributed by atoms with E-state index in [0.29, 0.717) is 17.1 Å². The van der Waals surface area contributed by atoms with Crippen molar-refractivity contribution >= 4 is 23.2 Å². The standard InChI is InChI=1S/C16H17NO2S/c1-19-15-4-2-3-13(9-15)16(18)11-20-10-12-5-7-14(17)8-6-12/h2-9H,10-11,17H2,1H3. The number of methoxy groups -OCH3 is 1. The molecule has 0 aliphatic carbocycles. The zero-order valence-electron chi connectivity index (χ0n) is 11.3. The van der Waals surface area contributed by atoms with Crippen molar-refractivity contribution in [2.24, 2.45) is 0 Å². The first-order chi connectivity index (χ1) is 9.69. The Morgan fingerprint density at radius 2 is 1.95 bits per heavy atom. The summed E-state index contributed by atoms with van der Waals surface area (Å²) >= 11 is 1.60. The van der Waals surface area contributed by atoms with Crippen molar-refractivity contribution in [1.82, 2.24) is 0 Å². The van der Waals surface area contributed by atoms with Crippen molar-refractivity contribution in [1.29, 1.82) is 0 Å². The van der Waals surface area contributed by atoms with Gasteiger partial charge in [-0.1, -0.05) is 24.3 Å². The van der Waals surface area contributed by atoms with Crippen LogP contribution in [0.1, 0.15) is 15.9 Å². The number of nitrogens with two attached hydrogens (primary N) is 1. The number of anilines is 1. The van der Waals surface area contributed by atoms with E-state index in [9.17, 15) is 4.79 Å². The highest BCUT2D eigenvalue weighted by Gasteiger charge is 2.07. The van der Waals surface area contributed by atoms with Crippen LogP contribution in [0.2, 0.25) is 0 Å². The van der Waals surface area contributed by atoms with Gasteiger partial charge in [-0.05, 0) is 29.8 Å². The van der Waals surface area contributed by atoms with E-state index in [1.165, 1.54) is 5.56 Å². The smallest absolute Gasteiger partial charge is 0.172 e. The molecule has 3 nitrogen and oxygen atoms in total. The van der Waals surface area contributed by atoms with Crippen LogP contribution in [0.15, 0.2) is 48.5 Å². The summed E-state index contributed by atoms with van der Waals surface area (Å²) in [5.74, 6) is 2.08.